The molecular formula is C15H20ClN3O2. The lowest BCUT2D eigenvalue weighted by atomic mass is 10.1. The lowest BCUT2D eigenvalue weighted by Crippen LogP contribution is -2.45. The van der Waals surface area contributed by atoms with Crippen molar-refractivity contribution >= 4 is 23.3 Å². The van der Waals surface area contributed by atoms with Gasteiger partial charge in [0.15, 0.2) is 0 Å². The monoisotopic (exact) mass is 309 g/mol. The Labute approximate surface area is 129 Å². The molecule has 2 heterocycles. The van der Waals surface area contributed by atoms with E-state index < -0.39 is 0 Å². The summed E-state index contributed by atoms with van der Waals surface area (Å²) in [5.41, 5.74) is 0.629. The Morgan fingerprint density at radius 3 is 3.00 bits per heavy atom. The van der Waals surface area contributed by atoms with E-state index in [-0.39, 0.29) is 18.2 Å². The number of ether oxygens (including phenoxy) is 1. The molecule has 114 valence electrons. The zero-order valence-electron chi connectivity index (χ0n) is 12.0. The Bertz CT molecular complexity index is 525. The third kappa shape index (κ3) is 3.48. The van der Waals surface area contributed by atoms with E-state index in [9.17, 15) is 4.79 Å². The van der Waals surface area contributed by atoms with Crippen LogP contribution in [-0.2, 0) is 4.74 Å². The first-order chi connectivity index (χ1) is 10.1. The van der Waals surface area contributed by atoms with Crippen LogP contribution in [0, 0.1) is 0 Å². The van der Waals surface area contributed by atoms with Gasteiger partial charge >= 0.3 is 6.03 Å². The molecule has 2 aliphatic heterocycles. The van der Waals surface area contributed by atoms with Gasteiger partial charge in [-0.05, 0) is 25.5 Å². The summed E-state index contributed by atoms with van der Waals surface area (Å²) in [5, 5.41) is 6.36. The number of nitrogens with one attached hydrogen (secondary N) is 2. The summed E-state index contributed by atoms with van der Waals surface area (Å²) in [5.74, 6) is 0. The minimum atomic E-state index is -0.207. The molecule has 0 bridgehead atoms. The fourth-order valence-corrected chi connectivity index (χ4v) is 3.23. The molecule has 0 unspecified atom stereocenters. The Morgan fingerprint density at radius 1 is 1.38 bits per heavy atom. The van der Waals surface area contributed by atoms with Gasteiger partial charge in [0.1, 0.15) is 0 Å². The van der Waals surface area contributed by atoms with Crippen LogP contribution in [-0.4, -0.2) is 48.8 Å². The van der Waals surface area contributed by atoms with Crippen LogP contribution < -0.4 is 10.6 Å². The molecule has 2 saturated heterocycles. The highest BCUT2D eigenvalue weighted by molar-refractivity contribution is 6.33. The first kappa shape index (κ1) is 14.6. The van der Waals surface area contributed by atoms with Crippen LogP contribution in [0.15, 0.2) is 24.3 Å². The maximum absolute atomic E-state index is 12.1. The number of benzene rings is 1. The molecule has 0 spiro atoms. The number of rotatable bonds is 2. The molecule has 3 atom stereocenters. The molecule has 21 heavy (non-hydrogen) atoms. The zero-order chi connectivity index (χ0) is 14.8. The smallest absolute Gasteiger partial charge is 0.319 e. The molecule has 2 aliphatic rings. The fraction of sp³-hybridized carbons (Fsp3) is 0.533. The largest absolute Gasteiger partial charge is 0.376 e. The average molecular weight is 310 g/mol. The first-order valence-corrected chi connectivity index (χ1v) is 7.67. The number of nitrogens with zero attached hydrogens (tertiary/aromatic N) is 1. The zero-order valence-corrected chi connectivity index (χ0v) is 12.8. The molecule has 3 rings (SSSR count). The highest BCUT2D eigenvalue weighted by Crippen LogP contribution is 2.24. The van der Waals surface area contributed by atoms with Crippen molar-refractivity contribution in [1.82, 2.24) is 10.2 Å². The third-order valence-corrected chi connectivity index (χ3v) is 4.38. The van der Waals surface area contributed by atoms with Gasteiger partial charge in [0.05, 0.1) is 23.4 Å². The molecular weight excluding hydrogens is 290 g/mol. The van der Waals surface area contributed by atoms with Gasteiger partial charge in [0.2, 0.25) is 0 Å². The van der Waals surface area contributed by atoms with Gasteiger partial charge in [-0.1, -0.05) is 23.7 Å². The summed E-state index contributed by atoms with van der Waals surface area (Å²) >= 11 is 6.03. The van der Waals surface area contributed by atoms with Crippen LogP contribution >= 0.6 is 11.6 Å². The van der Waals surface area contributed by atoms with Crippen molar-refractivity contribution in [1.29, 1.82) is 0 Å². The van der Waals surface area contributed by atoms with E-state index in [1.807, 2.05) is 12.1 Å². The number of para-hydroxylation sites is 1. The molecule has 2 amide bonds. The number of carbonyl (C=O) groups is 1. The molecule has 0 aliphatic carbocycles. The average Bonchev–Trinajstić information content (AvgIpc) is 2.82. The molecule has 5 nitrogen and oxygen atoms in total. The van der Waals surface area contributed by atoms with Gasteiger partial charge in [-0.25, -0.2) is 4.79 Å². The quantitative estimate of drug-likeness (QED) is 0.881. The third-order valence-electron chi connectivity index (χ3n) is 4.05. The van der Waals surface area contributed by atoms with Gasteiger partial charge in [-0.15, -0.1) is 0 Å². The second-order valence-electron chi connectivity index (χ2n) is 5.76. The molecule has 2 N–H and O–H groups in total. The summed E-state index contributed by atoms with van der Waals surface area (Å²) in [6.07, 6.45) is 1.21. The Kier molecular flexibility index (Phi) is 4.33. The van der Waals surface area contributed by atoms with E-state index >= 15 is 0 Å². The van der Waals surface area contributed by atoms with Crippen molar-refractivity contribution < 1.29 is 9.53 Å². The number of carbonyl (C=O) groups excluding carboxylic acids is 1. The lowest BCUT2D eigenvalue weighted by Gasteiger charge is -2.33. The van der Waals surface area contributed by atoms with Crippen molar-refractivity contribution in [3.8, 4) is 0 Å². The maximum atomic E-state index is 12.1. The second-order valence-corrected chi connectivity index (χ2v) is 6.17. The predicted octanol–water partition coefficient (Wildman–Crippen LogP) is 2.32. The van der Waals surface area contributed by atoms with Gasteiger partial charge < -0.3 is 15.4 Å². The number of hydrogen-bond donors (Lipinski definition) is 2. The number of hydrogen-bond acceptors (Lipinski definition) is 3. The molecule has 2 fully saturated rings. The van der Waals surface area contributed by atoms with E-state index in [2.05, 4.69) is 22.5 Å². The van der Waals surface area contributed by atoms with Crippen molar-refractivity contribution in [2.24, 2.45) is 0 Å². The summed E-state index contributed by atoms with van der Waals surface area (Å²) in [6.45, 7) is 4.66. The van der Waals surface area contributed by atoms with Crippen LogP contribution in [0.5, 0.6) is 0 Å². The topological polar surface area (TPSA) is 53.6 Å². The normalized spacial score (nSPS) is 29.0. The van der Waals surface area contributed by atoms with Crippen molar-refractivity contribution in [2.45, 2.75) is 31.5 Å². The highest BCUT2D eigenvalue weighted by Gasteiger charge is 2.36. The van der Waals surface area contributed by atoms with Crippen molar-refractivity contribution in [3.63, 3.8) is 0 Å². The highest BCUT2D eigenvalue weighted by atomic mass is 35.5. The number of halogens is 1. The van der Waals surface area contributed by atoms with E-state index in [1.54, 1.807) is 12.1 Å². The fourth-order valence-electron chi connectivity index (χ4n) is 3.05. The van der Waals surface area contributed by atoms with E-state index in [0.717, 1.165) is 26.1 Å². The van der Waals surface area contributed by atoms with Crippen LogP contribution in [0.2, 0.25) is 5.02 Å². The molecule has 0 radical (unpaired) electrons. The minimum Gasteiger partial charge on any atom is -0.376 e. The number of urea groups is 1. The molecule has 6 heteroatoms. The van der Waals surface area contributed by atoms with E-state index in [1.165, 1.54) is 0 Å². The summed E-state index contributed by atoms with van der Waals surface area (Å²) in [4.78, 5) is 14.5. The van der Waals surface area contributed by atoms with E-state index in [0.29, 0.717) is 16.8 Å². The predicted molar refractivity (Wildman–Crippen MR) is 82.8 cm³/mol. The minimum absolute atomic E-state index is 0.159. The van der Waals surface area contributed by atoms with E-state index in [4.69, 9.17) is 16.3 Å². The summed E-state index contributed by atoms with van der Waals surface area (Å²) in [7, 11) is 0. The van der Waals surface area contributed by atoms with Crippen molar-refractivity contribution in [2.75, 3.05) is 25.0 Å². The van der Waals surface area contributed by atoms with Gasteiger partial charge in [0, 0.05) is 25.2 Å². The summed E-state index contributed by atoms with van der Waals surface area (Å²) < 4.78 is 5.67. The Balaban J connectivity index is 1.53. The SMILES string of the molecule is C[C@@H]1CN2C[C@H](NC(=O)Nc3ccccc3Cl)C[C@H]2CO1. The van der Waals surface area contributed by atoms with Gasteiger partial charge in [0.25, 0.3) is 0 Å². The number of fused-ring (bicyclic) bond motifs is 1. The molecule has 1 aromatic carbocycles. The molecule has 1 aromatic rings. The van der Waals surface area contributed by atoms with Gasteiger partial charge in [-0.2, -0.15) is 0 Å². The van der Waals surface area contributed by atoms with Crippen LogP contribution in [0.3, 0.4) is 0 Å². The Morgan fingerprint density at radius 2 is 2.19 bits per heavy atom. The van der Waals surface area contributed by atoms with Gasteiger partial charge in [-0.3, -0.25) is 4.90 Å². The second kappa shape index (κ2) is 6.22. The number of morpholine rings is 1. The first-order valence-electron chi connectivity index (χ1n) is 7.29. The molecule has 0 aromatic heterocycles. The lowest BCUT2D eigenvalue weighted by molar-refractivity contribution is -0.0390. The molecule has 0 saturated carbocycles. The maximum Gasteiger partial charge on any atom is 0.319 e. The summed E-state index contributed by atoms with van der Waals surface area (Å²) in [6, 6.07) is 7.60. The number of amides is 2. The van der Waals surface area contributed by atoms with Crippen molar-refractivity contribution in [3.05, 3.63) is 29.3 Å². The van der Waals surface area contributed by atoms with Crippen LogP contribution in [0.1, 0.15) is 13.3 Å². The Hall–Kier alpha value is -1.30. The standard InChI is InChI=1S/C15H20ClN3O2/c1-10-7-19-8-11(6-12(19)9-21-10)17-15(20)18-14-5-3-2-4-13(14)16/h2-5,10-12H,6-9H2,1H3,(H2,17,18,20)/t10-,11-,12+/m1/s1. The van der Waals surface area contributed by atoms with Crippen LogP contribution in [0.4, 0.5) is 10.5 Å². The number of anilines is 1. The van der Waals surface area contributed by atoms with Crippen LogP contribution in [0.25, 0.3) is 0 Å².